The van der Waals surface area contributed by atoms with Crippen molar-refractivity contribution in [2.24, 2.45) is 0 Å². The summed E-state index contributed by atoms with van der Waals surface area (Å²) < 4.78 is 0. The first-order valence-electron chi connectivity index (χ1n) is 7.92. The second-order valence-corrected chi connectivity index (χ2v) is 7.34. The van der Waals surface area contributed by atoms with Gasteiger partial charge in [0.25, 0.3) is 5.91 Å². The summed E-state index contributed by atoms with van der Waals surface area (Å²) >= 11 is 13.5. The topological polar surface area (TPSA) is 71.1 Å². The average molecular weight is 412 g/mol. The highest BCUT2D eigenvalue weighted by atomic mass is 35.5. The molecule has 138 valence electrons. The zero-order valence-corrected chi connectivity index (χ0v) is 16.5. The predicted octanol–water partition coefficient (Wildman–Crippen LogP) is 3.56. The third-order valence-corrected chi connectivity index (χ3v) is 4.79. The van der Waals surface area contributed by atoms with Gasteiger partial charge in [0, 0.05) is 24.0 Å². The first-order chi connectivity index (χ1) is 12.5. The highest BCUT2D eigenvalue weighted by Gasteiger charge is 2.22. The number of rotatable bonds is 8. The lowest BCUT2D eigenvalue weighted by Crippen LogP contribution is -2.47. The van der Waals surface area contributed by atoms with Gasteiger partial charge >= 0.3 is 0 Å². The van der Waals surface area contributed by atoms with Gasteiger partial charge in [-0.1, -0.05) is 29.3 Å². The molecule has 1 aromatic heterocycles. The van der Waals surface area contributed by atoms with Crippen LogP contribution in [-0.2, 0) is 11.3 Å². The molecule has 0 saturated heterocycles. The fraction of sp³-hybridized carbons (Fsp3) is 0.278. The molecule has 8 heteroatoms. The average Bonchev–Trinajstić information content (AvgIpc) is 2.63. The van der Waals surface area contributed by atoms with Gasteiger partial charge in [-0.05, 0) is 48.3 Å². The van der Waals surface area contributed by atoms with E-state index in [4.69, 9.17) is 23.2 Å². The van der Waals surface area contributed by atoms with Gasteiger partial charge in [0.05, 0.1) is 10.6 Å². The van der Waals surface area contributed by atoms with E-state index in [0.717, 1.165) is 11.3 Å². The second kappa shape index (κ2) is 10.4. The van der Waals surface area contributed by atoms with E-state index in [1.54, 1.807) is 42.4 Å². The van der Waals surface area contributed by atoms with Crippen LogP contribution in [0.5, 0.6) is 0 Å². The van der Waals surface area contributed by atoms with Crippen molar-refractivity contribution in [1.29, 1.82) is 0 Å². The zero-order valence-electron chi connectivity index (χ0n) is 14.2. The van der Waals surface area contributed by atoms with Crippen LogP contribution in [-0.4, -0.2) is 34.8 Å². The van der Waals surface area contributed by atoms with Crippen molar-refractivity contribution in [1.82, 2.24) is 15.6 Å². The minimum Gasteiger partial charge on any atom is -0.350 e. The van der Waals surface area contributed by atoms with Crippen LogP contribution in [0.15, 0.2) is 42.7 Å². The molecule has 1 heterocycles. The molecule has 0 aliphatic rings. The third-order valence-electron chi connectivity index (χ3n) is 3.60. The van der Waals surface area contributed by atoms with Gasteiger partial charge in [-0.15, -0.1) is 0 Å². The molecule has 2 aromatic rings. The van der Waals surface area contributed by atoms with Crippen LogP contribution >= 0.6 is 35.0 Å². The fourth-order valence-corrected chi connectivity index (χ4v) is 3.19. The monoisotopic (exact) mass is 411 g/mol. The van der Waals surface area contributed by atoms with Gasteiger partial charge in [0.15, 0.2) is 0 Å². The molecule has 2 N–H and O–H groups in total. The van der Waals surface area contributed by atoms with E-state index in [1.165, 1.54) is 6.07 Å². The Kier molecular flexibility index (Phi) is 8.22. The summed E-state index contributed by atoms with van der Waals surface area (Å²) in [6.07, 6.45) is 5.81. The van der Waals surface area contributed by atoms with E-state index in [9.17, 15) is 9.59 Å². The highest BCUT2D eigenvalue weighted by Crippen LogP contribution is 2.21. The van der Waals surface area contributed by atoms with Gasteiger partial charge in [-0.2, -0.15) is 11.8 Å². The van der Waals surface area contributed by atoms with Crippen molar-refractivity contribution in [3.05, 3.63) is 63.9 Å². The van der Waals surface area contributed by atoms with Crippen LogP contribution in [0.1, 0.15) is 22.3 Å². The van der Waals surface area contributed by atoms with Crippen molar-refractivity contribution in [2.45, 2.75) is 19.0 Å². The zero-order chi connectivity index (χ0) is 18.9. The number of aromatic nitrogens is 1. The molecule has 0 fully saturated rings. The van der Waals surface area contributed by atoms with Gasteiger partial charge in [0.1, 0.15) is 6.04 Å². The van der Waals surface area contributed by atoms with Crippen LogP contribution in [0.3, 0.4) is 0 Å². The molecule has 5 nitrogen and oxygen atoms in total. The molecule has 1 aromatic carbocycles. The summed E-state index contributed by atoms with van der Waals surface area (Å²) in [5.41, 5.74) is 1.17. The number of amides is 2. The minimum atomic E-state index is -0.654. The Hall–Kier alpha value is -1.76. The number of nitrogens with zero attached hydrogens (tertiary/aromatic N) is 1. The summed E-state index contributed by atoms with van der Waals surface area (Å²) in [6.45, 7) is 0.347. The molecule has 0 spiro atoms. The second-order valence-electron chi connectivity index (χ2n) is 5.51. The van der Waals surface area contributed by atoms with Crippen molar-refractivity contribution in [3.63, 3.8) is 0 Å². The summed E-state index contributed by atoms with van der Waals surface area (Å²) in [5, 5.41) is 6.28. The number of halogens is 2. The van der Waals surface area contributed by atoms with Gasteiger partial charge in [-0.25, -0.2) is 0 Å². The van der Waals surface area contributed by atoms with E-state index >= 15 is 0 Å². The largest absolute Gasteiger partial charge is 0.350 e. The summed E-state index contributed by atoms with van der Waals surface area (Å²) in [7, 11) is 0. The maximum Gasteiger partial charge on any atom is 0.253 e. The Bertz CT molecular complexity index is 759. The first-order valence-corrected chi connectivity index (χ1v) is 10.1. The van der Waals surface area contributed by atoms with E-state index in [2.05, 4.69) is 15.6 Å². The molecular formula is C18H19Cl2N3O2S. The maximum absolute atomic E-state index is 12.5. The van der Waals surface area contributed by atoms with Gasteiger partial charge in [0.2, 0.25) is 5.91 Å². The number of nitrogens with one attached hydrogen (secondary N) is 2. The maximum atomic E-state index is 12.5. The number of hydrogen-bond donors (Lipinski definition) is 2. The number of pyridine rings is 1. The molecule has 0 bridgehead atoms. The predicted molar refractivity (Wildman–Crippen MR) is 107 cm³/mol. The molecule has 0 unspecified atom stereocenters. The molecule has 0 saturated carbocycles. The highest BCUT2D eigenvalue weighted by molar-refractivity contribution is 7.98. The SMILES string of the molecule is CSCC[C@@H](NC(=O)c1ccc(Cl)cc1Cl)C(=O)NCc1cccnc1. The quantitative estimate of drug-likeness (QED) is 0.696. The van der Waals surface area contributed by atoms with Crippen LogP contribution in [0.4, 0.5) is 0 Å². The Morgan fingerprint density at radius 1 is 1.27 bits per heavy atom. The third kappa shape index (κ3) is 6.20. The summed E-state index contributed by atoms with van der Waals surface area (Å²) in [5.74, 6) is 0.0789. The lowest BCUT2D eigenvalue weighted by Gasteiger charge is -2.18. The van der Waals surface area contributed by atoms with Crippen LogP contribution in [0, 0.1) is 0 Å². The number of carbonyl (C=O) groups is 2. The van der Waals surface area contributed by atoms with Crippen LogP contribution in [0.25, 0.3) is 0 Å². The van der Waals surface area contributed by atoms with Gasteiger partial charge < -0.3 is 10.6 Å². The fourth-order valence-electron chi connectivity index (χ4n) is 2.23. The number of carbonyl (C=O) groups excluding carboxylic acids is 2. The van der Waals surface area contributed by atoms with E-state index in [0.29, 0.717) is 18.0 Å². The first kappa shape index (κ1) is 20.6. The van der Waals surface area contributed by atoms with Crippen molar-refractivity contribution >= 4 is 46.8 Å². The Balaban J connectivity index is 2.03. The molecular weight excluding hydrogens is 393 g/mol. The number of benzene rings is 1. The molecule has 1 atom stereocenters. The van der Waals surface area contributed by atoms with Crippen LogP contribution in [0.2, 0.25) is 10.0 Å². The smallest absolute Gasteiger partial charge is 0.253 e. The van der Waals surface area contributed by atoms with Crippen molar-refractivity contribution < 1.29 is 9.59 Å². The number of hydrogen-bond acceptors (Lipinski definition) is 4. The summed E-state index contributed by atoms with van der Waals surface area (Å²) in [4.78, 5) is 29.0. The molecule has 26 heavy (non-hydrogen) atoms. The van der Waals surface area contributed by atoms with E-state index < -0.39 is 11.9 Å². The Morgan fingerprint density at radius 2 is 2.08 bits per heavy atom. The minimum absolute atomic E-state index is 0.245. The van der Waals surface area contributed by atoms with Crippen LogP contribution < -0.4 is 10.6 Å². The molecule has 2 amide bonds. The Labute approximate surface area is 166 Å². The van der Waals surface area contributed by atoms with Crippen molar-refractivity contribution in [3.8, 4) is 0 Å². The van der Waals surface area contributed by atoms with Crippen molar-refractivity contribution in [2.75, 3.05) is 12.0 Å². The Morgan fingerprint density at radius 3 is 2.73 bits per heavy atom. The van der Waals surface area contributed by atoms with E-state index in [-0.39, 0.29) is 16.5 Å². The molecule has 0 radical (unpaired) electrons. The lowest BCUT2D eigenvalue weighted by molar-refractivity contribution is -0.123. The summed E-state index contributed by atoms with van der Waals surface area (Å²) in [6, 6.07) is 7.64. The normalized spacial score (nSPS) is 11.7. The molecule has 0 aliphatic heterocycles. The molecule has 0 aliphatic carbocycles. The van der Waals surface area contributed by atoms with E-state index in [1.807, 2.05) is 12.3 Å². The standard InChI is InChI=1S/C18H19Cl2N3O2S/c1-26-8-6-16(18(25)22-11-12-3-2-7-21-10-12)23-17(24)14-5-4-13(19)9-15(14)20/h2-5,7,9-10,16H,6,8,11H2,1H3,(H,22,25)(H,23,24)/t16-/m1/s1. The number of thioether (sulfide) groups is 1. The lowest BCUT2D eigenvalue weighted by atomic mass is 10.1. The molecule has 2 rings (SSSR count). The van der Waals surface area contributed by atoms with Gasteiger partial charge in [-0.3, -0.25) is 14.6 Å².